The Morgan fingerprint density at radius 1 is 1.33 bits per heavy atom. The largest absolute Gasteiger partial charge is 0.490 e. The Kier molecular flexibility index (Phi) is 3.14. The van der Waals surface area contributed by atoms with E-state index in [0.717, 1.165) is 43.9 Å². The highest BCUT2D eigenvalue weighted by molar-refractivity contribution is 5.43. The van der Waals surface area contributed by atoms with E-state index in [1.165, 1.54) is 0 Å². The Labute approximate surface area is 107 Å². The van der Waals surface area contributed by atoms with Crippen LogP contribution in [0.4, 0.5) is 5.69 Å². The minimum absolute atomic E-state index is 0.108. The summed E-state index contributed by atoms with van der Waals surface area (Å²) in [5, 5.41) is 0. The van der Waals surface area contributed by atoms with Gasteiger partial charge in [0.05, 0.1) is 18.8 Å². The van der Waals surface area contributed by atoms with Crippen LogP contribution in [0.15, 0.2) is 24.3 Å². The number of hydrogen-bond donors (Lipinski definition) is 1. The van der Waals surface area contributed by atoms with Gasteiger partial charge in [-0.2, -0.15) is 0 Å². The van der Waals surface area contributed by atoms with E-state index in [1.54, 1.807) is 0 Å². The minimum atomic E-state index is -0.108. The van der Waals surface area contributed by atoms with E-state index < -0.39 is 0 Å². The lowest BCUT2D eigenvalue weighted by Crippen LogP contribution is -2.44. The highest BCUT2D eigenvalue weighted by Gasteiger charge is 2.41. The number of nitrogens with two attached hydrogens (primary N) is 1. The van der Waals surface area contributed by atoms with Gasteiger partial charge in [0.2, 0.25) is 0 Å². The number of benzene rings is 1. The van der Waals surface area contributed by atoms with E-state index in [4.69, 9.17) is 19.9 Å². The zero-order chi connectivity index (χ0) is 12.4. The molecular formula is C14H19NO3. The molecule has 2 fully saturated rings. The fourth-order valence-electron chi connectivity index (χ4n) is 2.73. The number of hydrogen-bond acceptors (Lipinski definition) is 4. The first-order valence-electron chi connectivity index (χ1n) is 6.50. The molecule has 98 valence electrons. The van der Waals surface area contributed by atoms with Gasteiger partial charge in [-0.1, -0.05) is 6.07 Å². The summed E-state index contributed by atoms with van der Waals surface area (Å²) in [6.07, 6.45) is 3.00. The molecule has 2 unspecified atom stereocenters. The Balaban J connectivity index is 1.66. The number of anilines is 1. The van der Waals surface area contributed by atoms with Crippen molar-refractivity contribution in [2.24, 2.45) is 0 Å². The van der Waals surface area contributed by atoms with Crippen LogP contribution >= 0.6 is 0 Å². The highest BCUT2D eigenvalue weighted by atomic mass is 16.6. The van der Waals surface area contributed by atoms with Crippen LogP contribution in [0.25, 0.3) is 0 Å². The van der Waals surface area contributed by atoms with Crippen molar-refractivity contribution in [2.75, 3.05) is 25.6 Å². The third-order valence-corrected chi connectivity index (χ3v) is 3.68. The normalized spacial score (nSPS) is 31.7. The summed E-state index contributed by atoms with van der Waals surface area (Å²) in [5.74, 6) is 0.843. The molecule has 0 saturated carbocycles. The van der Waals surface area contributed by atoms with Gasteiger partial charge < -0.3 is 19.9 Å². The zero-order valence-electron chi connectivity index (χ0n) is 10.4. The van der Waals surface area contributed by atoms with Gasteiger partial charge in [0, 0.05) is 37.6 Å². The molecule has 2 saturated heterocycles. The van der Waals surface area contributed by atoms with Crippen LogP contribution in [0.3, 0.4) is 0 Å². The summed E-state index contributed by atoms with van der Waals surface area (Å²) in [6.45, 7) is 2.24. The molecule has 2 N–H and O–H groups in total. The molecule has 2 aliphatic heterocycles. The van der Waals surface area contributed by atoms with Crippen molar-refractivity contribution >= 4 is 5.69 Å². The molecule has 0 bridgehead atoms. The van der Waals surface area contributed by atoms with Crippen molar-refractivity contribution in [3.05, 3.63) is 24.3 Å². The van der Waals surface area contributed by atoms with E-state index in [0.29, 0.717) is 6.61 Å². The van der Waals surface area contributed by atoms with Crippen molar-refractivity contribution in [3.63, 3.8) is 0 Å². The SMILES string of the molecule is Nc1cccc(OC2CCOC3(CCOC3)C2)c1. The Bertz CT molecular complexity index is 415. The van der Waals surface area contributed by atoms with Crippen LogP contribution in [0.1, 0.15) is 19.3 Å². The average molecular weight is 249 g/mol. The molecule has 0 aromatic heterocycles. The predicted octanol–water partition coefficient (Wildman–Crippen LogP) is 1.99. The maximum atomic E-state index is 6.01. The third kappa shape index (κ3) is 2.44. The lowest BCUT2D eigenvalue weighted by Gasteiger charge is -2.37. The fourth-order valence-corrected chi connectivity index (χ4v) is 2.73. The average Bonchev–Trinajstić information content (AvgIpc) is 2.77. The molecule has 2 aliphatic rings. The van der Waals surface area contributed by atoms with Crippen molar-refractivity contribution < 1.29 is 14.2 Å². The summed E-state index contributed by atoms with van der Waals surface area (Å²) in [6, 6.07) is 7.60. The maximum absolute atomic E-state index is 6.01. The number of ether oxygens (including phenoxy) is 3. The zero-order valence-corrected chi connectivity index (χ0v) is 10.4. The molecule has 0 radical (unpaired) electrons. The van der Waals surface area contributed by atoms with Gasteiger partial charge in [0.1, 0.15) is 11.9 Å². The summed E-state index contributed by atoms with van der Waals surface area (Å²) in [5.41, 5.74) is 6.38. The lowest BCUT2D eigenvalue weighted by molar-refractivity contribution is -0.112. The van der Waals surface area contributed by atoms with Crippen LogP contribution in [0, 0.1) is 0 Å². The predicted molar refractivity (Wildman–Crippen MR) is 68.6 cm³/mol. The van der Waals surface area contributed by atoms with Gasteiger partial charge in [0.15, 0.2) is 0 Å². The van der Waals surface area contributed by atoms with E-state index >= 15 is 0 Å². The van der Waals surface area contributed by atoms with Crippen molar-refractivity contribution in [1.29, 1.82) is 0 Å². The number of rotatable bonds is 2. The van der Waals surface area contributed by atoms with Crippen LogP contribution in [0.5, 0.6) is 5.75 Å². The Morgan fingerprint density at radius 3 is 3.06 bits per heavy atom. The topological polar surface area (TPSA) is 53.7 Å². The molecular weight excluding hydrogens is 230 g/mol. The molecule has 0 aliphatic carbocycles. The molecule has 1 aromatic rings. The van der Waals surface area contributed by atoms with Gasteiger partial charge >= 0.3 is 0 Å². The smallest absolute Gasteiger partial charge is 0.121 e. The van der Waals surface area contributed by atoms with Crippen LogP contribution in [-0.2, 0) is 9.47 Å². The molecule has 1 aromatic carbocycles. The van der Waals surface area contributed by atoms with Gasteiger partial charge in [-0.05, 0) is 12.1 Å². The van der Waals surface area contributed by atoms with Crippen molar-refractivity contribution in [1.82, 2.24) is 0 Å². The standard InChI is InChI=1S/C14H19NO3/c15-11-2-1-3-12(8-11)18-13-4-6-17-14(9-13)5-7-16-10-14/h1-3,8,13H,4-7,9-10,15H2. The van der Waals surface area contributed by atoms with Crippen LogP contribution in [-0.4, -0.2) is 31.5 Å². The fraction of sp³-hybridized carbons (Fsp3) is 0.571. The second-order valence-corrected chi connectivity index (χ2v) is 5.14. The van der Waals surface area contributed by atoms with Gasteiger partial charge in [-0.15, -0.1) is 0 Å². The second-order valence-electron chi connectivity index (χ2n) is 5.14. The first kappa shape index (κ1) is 11.8. The molecule has 18 heavy (non-hydrogen) atoms. The van der Waals surface area contributed by atoms with Gasteiger partial charge in [-0.25, -0.2) is 0 Å². The summed E-state index contributed by atoms with van der Waals surface area (Å²) < 4.78 is 17.4. The molecule has 2 heterocycles. The van der Waals surface area contributed by atoms with Crippen molar-refractivity contribution in [3.8, 4) is 5.75 Å². The molecule has 3 rings (SSSR count). The van der Waals surface area contributed by atoms with Gasteiger partial charge in [0.25, 0.3) is 0 Å². The summed E-state index contributed by atoms with van der Waals surface area (Å²) in [4.78, 5) is 0. The summed E-state index contributed by atoms with van der Waals surface area (Å²) in [7, 11) is 0. The maximum Gasteiger partial charge on any atom is 0.121 e. The second kappa shape index (κ2) is 4.78. The first-order valence-corrected chi connectivity index (χ1v) is 6.50. The highest BCUT2D eigenvalue weighted by Crippen LogP contribution is 2.34. The minimum Gasteiger partial charge on any atom is -0.490 e. The monoisotopic (exact) mass is 249 g/mol. The first-order chi connectivity index (χ1) is 8.76. The Morgan fingerprint density at radius 2 is 2.28 bits per heavy atom. The summed E-state index contributed by atoms with van der Waals surface area (Å²) >= 11 is 0. The van der Waals surface area contributed by atoms with E-state index in [2.05, 4.69) is 0 Å². The molecule has 0 amide bonds. The van der Waals surface area contributed by atoms with E-state index in [9.17, 15) is 0 Å². The van der Waals surface area contributed by atoms with Crippen molar-refractivity contribution in [2.45, 2.75) is 31.0 Å². The Hall–Kier alpha value is -1.26. The lowest BCUT2D eigenvalue weighted by atomic mass is 9.91. The molecule has 1 spiro atoms. The molecule has 2 atom stereocenters. The van der Waals surface area contributed by atoms with Crippen LogP contribution in [0.2, 0.25) is 0 Å². The molecule has 4 nitrogen and oxygen atoms in total. The number of nitrogen functional groups attached to an aromatic ring is 1. The molecule has 4 heteroatoms. The third-order valence-electron chi connectivity index (χ3n) is 3.68. The van der Waals surface area contributed by atoms with Gasteiger partial charge in [-0.3, -0.25) is 0 Å². The quantitative estimate of drug-likeness (QED) is 0.814. The van der Waals surface area contributed by atoms with Crippen LogP contribution < -0.4 is 10.5 Å². The van der Waals surface area contributed by atoms with E-state index in [1.807, 2.05) is 24.3 Å². The van der Waals surface area contributed by atoms with E-state index in [-0.39, 0.29) is 11.7 Å².